The van der Waals surface area contributed by atoms with Crippen molar-refractivity contribution in [3.8, 4) is 0 Å². The molecule has 5 nitrogen and oxygen atoms in total. The Labute approximate surface area is 144 Å². The van der Waals surface area contributed by atoms with Crippen LogP contribution in [0.25, 0.3) is 0 Å². The topological polar surface area (TPSA) is 56.9 Å². The zero-order chi connectivity index (χ0) is 15.4. The summed E-state index contributed by atoms with van der Waals surface area (Å²) in [5.41, 5.74) is 0. The fourth-order valence-electron chi connectivity index (χ4n) is 3.57. The van der Waals surface area contributed by atoms with Gasteiger partial charge in [0.2, 0.25) is 5.91 Å². The van der Waals surface area contributed by atoms with Crippen LogP contribution in [-0.2, 0) is 4.79 Å². The highest BCUT2D eigenvalue weighted by molar-refractivity contribution is 5.85. The van der Waals surface area contributed by atoms with Gasteiger partial charge in [-0.1, -0.05) is 19.3 Å². The zero-order valence-corrected chi connectivity index (χ0v) is 14.3. The molecule has 1 atom stereocenters. The first-order chi connectivity index (χ1) is 10.7. The molecule has 0 aromatic carbocycles. The third-order valence-electron chi connectivity index (χ3n) is 4.94. The number of halogens is 1. The Morgan fingerprint density at radius 2 is 1.91 bits per heavy atom. The summed E-state index contributed by atoms with van der Waals surface area (Å²) in [5.74, 6) is 1.22. The fourth-order valence-corrected chi connectivity index (χ4v) is 3.57. The Balaban J connectivity index is 0.00000192. The minimum absolute atomic E-state index is 0. The van der Waals surface area contributed by atoms with Crippen molar-refractivity contribution in [2.75, 3.05) is 32.7 Å². The van der Waals surface area contributed by atoms with E-state index in [4.69, 9.17) is 4.42 Å². The van der Waals surface area contributed by atoms with Crippen LogP contribution < -0.4 is 0 Å². The van der Waals surface area contributed by atoms with Crippen LogP contribution in [0.4, 0.5) is 0 Å². The number of hydrogen-bond donors (Lipinski definition) is 1. The third-order valence-corrected chi connectivity index (χ3v) is 4.94. The van der Waals surface area contributed by atoms with Gasteiger partial charge >= 0.3 is 0 Å². The molecule has 2 aliphatic rings. The van der Waals surface area contributed by atoms with E-state index in [-0.39, 0.29) is 18.3 Å². The highest BCUT2D eigenvalue weighted by atomic mass is 35.5. The summed E-state index contributed by atoms with van der Waals surface area (Å²) in [7, 11) is 0. The number of carbonyl (C=O) groups is 1. The molecule has 23 heavy (non-hydrogen) atoms. The predicted octanol–water partition coefficient (Wildman–Crippen LogP) is 2.46. The second kappa shape index (κ2) is 8.71. The lowest BCUT2D eigenvalue weighted by Gasteiger charge is -2.37. The van der Waals surface area contributed by atoms with Gasteiger partial charge in [0.25, 0.3) is 0 Å². The molecule has 1 unspecified atom stereocenters. The number of aliphatic hydroxyl groups excluding tert-OH is 1. The maximum atomic E-state index is 12.5. The van der Waals surface area contributed by atoms with E-state index in [0.29, 0.717) is 18.2 Å². The predicted molar refractivity (Wildman–Crippen MR) is 90.5 cm³/mol. The second-order valence-corrected chi connectivity index (χ2v) is 6.49. The van der Waals surface area contributed by atoms with Gasteiger partial charge in [0.15, 0.2) is 0 Å². The number of nitrogens with zero attached hydrogens (tertiary/aromatic N) is 2. The van der Waals surface area contributed by atoms with Gasteiger partial charge in [0.1, 0.15) is 11.9 Å². The molecule has 0 spiro atoms. The van der Waals surface area contributed by atoms with Crippen LogP contribution in [0.1, 0.15) is 44.0 Å². The van der Waals surface area contributed by atoms with Crippen molar-refractivity contribution < 1.29 is 14.3 Å². The number of amides is 1. The van der Waals surface area contributed by atoms with E-state index in [0.717, 1.165) is 39.0 Å². The molecular weight excluding hydrogens is 316 g/mol. The largest absolute Gasteiger partial charge is 0.467 e. The molecule has 1 amide bonds. The molecule has 0 radical (unpaired) electrons. The lowest BCUT2D eigenvalue weighted by Crippen LogP contribution is -2.51. The van der Waals surface area contributed by atoms with Gasteiger partial charge in [-0.25, -0.2) is 0 Å². The monoisotopic (exact) mass is 342 g/mol. The van der Waals surface area contributed by atoms with Gasteiger partial charge in [-0.3, -0.25) is 9.69 Å². The minimum atomic E-state index is -0.587. The van der Waals surface area contributed by atoms with Gasteiger partial charge in [-0.2, -0.15) is 0 Å². The second-order valence-electron chi connectivity index (χ2n) is 6.49. The molecular formula is C17H27ClN2O3. The van der Waals surface area contributed by atoms with E-state index >= 15 is 0 Å². The Morgan fingerprint density at radius 1 is 1.22 bits per heavy atom. The van der Waals surface area contributed by atoms with E-state index in [1.807, 2.05) is 4.90 Å². The first-order valence-electron chi connectivity index (χ1n) is 8.46. The summed E-state index contributed by atoms with van der Waals surface area (Å²) in [4.78, 5) is 16.7. The van der Waals surface area contributed by atoms with Crippen LogP contribution in [0, 0.1) is 5.92 Å². The van der Waals surface area contributed by atoms with E-state index < -0.39 is 6.10 Å². The van der Waals surface area contributed by atoms with Gasteiger partial charge < -0.3 is 14.4 Å². The van der Waals surface area contributed by atoms with Crippen LogP contribution >= 0.6 is 12.4 Å². The minimum Gasteiger partial charge on any atom is -0.467 e. The lowest BCUT2D eigenvalue weighted by molar-refractivity contribution is -0.138. The third kappa shape index (κ3) is 4.72. The first kappa shape index (κ1) is 18.3. The summed E-state index contributed by atoms with van der Waals surface area (Å²) >= 11 is 0. The van der Waals surface area contributed by atoms with Crippen molar-refractivity contribution in [3.05, 3.63) is 24.2 Å². The van der Waals surface area contributed by atoms with Crippen molar-refractivity contribution in [2.24, 2.45) is 5.92 Å². The molecule has 1 saturated carbocycles. The molecule has 3 rings (SSSR count). The maximum absolute atomic E-state index is 12.5. The van der Waals surface area contributed by atoms with Crippen molar-refractivity contribution in [3.63, 3.8) is 0 Å². The SMILES string of the molecule is Cl.O=C(C1CCCCC1)N1CCN(CC(O)c2ccco2)CC1. The molecule has 1 aromatic heterocycles. The quantitative estimate of drug-likeness (QED) is 0.913. The van der Waals surface area contributed by atoms with E-state index in [2.05, 4.69) is 4.90 Å². The molecule has 1 aliphatic heterocycles. The highest BCUT2D eigenvalue weighted by Crippen LogP contribution is 2.26. The van der Waals surface area contributed by atoms with Gasteiger partial charge in [-0.15, -0.1) is 12.4 Å². The summed E-state index contributed by atoms with van der Waals surface area (Å²) in [6.07, 6.45) is 6.81. The number of hydrogen-bond acceptors (Lipinski definition) is 4. The molecule has 2 fully saturated rings. The number of rotatable bonds is 4. The number of aliphatic hydroxyl groups is 1. The summed E-state index contributed by atoms with van der Waals surface area (Å²) < 4.78 is 5.23. The summed E-state index contributed by atoms with van der Waals surface area (Å²) in [6.45, 7) is 3.78. The van der Waals surface area contributed by atoms with Crippen LogP contribution in [0.2, 0.25) is 0 Å². The molecule has 6 heteroatoms. The van der Waals surface area contributed by atoms with E-state index in [1.54, 1.807) is 18.4 Å². The van der Waals surface area contributed by atoms with Crippen LogP contribution in [-0.4, -0.2) is 53.5 Å². The van der Waals surface area contributed by atoms with Crippen molar-refractivity contribution in [2.45, 2.75) is 38.2 Å². The number of β-amino-alcohol motifs (C(OH)–C–C–N with tert-alkyl or cyclic N) is 1. The van der Waals surface area contributed by atoms with Gasteiger partial charge in [0.05, 0.1) is 6.26 Å². The van der Waals surface area contributed by atoms with Crippen LogP contribution in [0.15, 0.2) is 22.8 Å². The highest BCUT2D eigenvalue weighted by Gasteiger charge is 2.29. The Morgan fingerprint density at radius 3 is 2.52 bits per heavy atom. The normalized spacial score (nSPS) is 21.7. The van der Waals surface area contributed by atoms with Crippen molar-refractivity contribution >= 4 is 18.3 Å². The first-order valence-corrected chi connectivity index (χ1v) is 8.46. The fraction of sp³-hybridized carbons (Fsp3) is 0.706. The molecule has 1 aromatic rings. The maximum Gasteiger partial charge on any atom is 0.225 e. The number of carbonyl (C=O) groups excluding carboxylic acids is 1. The van der Waals surface area contributed by atoms with Gasteiger partial charge in [-0.05, 0) is 25.0 Å². The van der Waals surface area contributed by atoms with Crippen molar-refractivity contribution in [1.29, 1.82) is 0 Å². The number of furan rings is 1. The standard InChI is InChI=1S/C17H26N2O3.ClH/c20-15(16-7-4-12-22-16)13-18-8-10-19(11-9-18)17(21)14-5-2-1-3-6-14;/h4,7,12,14-15,20H,1-3,5-6,8-11,13H2;1H. The summed E-state index contributed by atoms with van der Waals surface area (Å²) in [5, 5.41) is 10.1. The smallest absolute Gasteiger partial charge is 0.225 e. The van der Waals surface area contributed by atoms with E-state index in [9.17, 15) is 9.90 Å². The molecule has 0 bridgehead atoms. The van der Waals surface area contributed by atoms with E-state index in [1.165, 1.54) is 19.3 Å². The lowest BCUT2D eigenvalue weighted by atomic mass is 9.88. The zero-order valence-electron chi connectivity index (χ0n) is 13.5. The van der Waals surface area contributed by atoms with Crippen molar-refractivity contribution in [1.82, 2.24) is 9.80 Å². The van der Waals surface area contributed by atoms with Crippen LogP contribution in [0.3, 0.4) is 0 Å². The van der Waals surface area contributed by atoms with Crippen LogP contribution in [0.5, 0.6) is 0 Å². The molecule has 2 heterocycles. The Kier molecular flexibility index (Phi) is 6.93. The average molecular weight is 343 g/mol. The Hall–Kier alpha value is -1.04. The molecule has 1 aliphatic carbocycles. The molecule has 130 valence electrons. The Bertz CT molecular complexity index is 466. The molecule has 1 N–H and O–H groups in total. The molecule has 1 saturated heterocycles. The summed E-state index contributed by atoms with van der Waals surface area (Å²) in [6, 6.07) is 3.59. The average Bonchev–Trinajstić information content (AvgIpc) is 3.10. The number of piperazine rings is 1. The van der Waals surface area contributed by atoms with Gasteiger partial charge in [0, 0.05) is 38.6 Å².